The van der Waals surface area contributed by atoms with Gasteiger partial charge in [-0.2, -0.15) is 0 Å². The van der Waals surface area contributed by atoms with Crippen LogP contribution in [0.5, 0.6) is 0 Å². The molecule has 0 spiro atoms. The molecule has 0 aliphatic carbocycles. The van der Waals surface area contributed by atoms with Crippen molar-refractivity contribution in [3.05, 3.63) is 0 Å². The molecule has 10 heavy (non-hydrogen) atoms. The molecule has 0 saturated heterocycles. The summed E-state index contributed by atoms with van der Waals surface area (Å²) in [6, 6.07) is 0.707. The highest BCUT2D eigenvalue weighted by atomic mass is 15.0. The molecule has 0 aromatic heterocycles. The summed E-state index contributed by atoms with van der Waals surface area (Å²) >= 11 is 0. The van der Waals surface area contributed by atoms with Crippen molar-refractivity contribution in [1.82, 2.24) is 0 Å². The summed E-state index contributed by atoms with van der Waals surface area (Å²) in [5, 5.41) is 0. The molecular formula is C9H18N+. The Kier molecular flexibility index (Phi) is 2.91. The van der Waals surface area contributed by atoms with Crippen LogP contribution in [-0.2, 0) is 0 Å². The van der Waals surface area contributed by atoms with E-state index >= 15 is 0 Å². The second-order valence-corrected chi connectivity index (χ2v) is 3.36. The maximum absolute atomic E-state index is 2.47. The summed E-state index contributed by atoms with van der Waals surface area (Å²) in [6.07, 6.45) is 7.85. The van der Waals surface area contributed by atoms with Crippen LogP contribution in [0.2, 0.25) is 0 Å². The molecule has 0 unspecified atom stereocenters. The first-order valence-corrected chi connectivity index (χ1v) is 4.40. The normalized spacial score (nSPS) is 20.5. The number of hydrogen-bond donors (Lipinski definition) is 0. The SMILES string of the molecule is CC(C)[N+]1=CCCCCC1. The minimum absolute atomic E-state index is 0.707. The third-order valence-corrected chi connectivity index (χ3v) is 2.15. The summed E-state index contributed by atoms with van der Waals surface area (Å²) in [5.74, 6) is 0. The Bertz CT molecular complexity index is 125. The summed E-state index contributed by atoms with van der Waals surface area (Å²) in [5.41, 5.74) is 0. The Morgan fingerprint density at radius 3 is 2.70 bits per heavy atom. The molecule has 58 valence electrons. The molecule has 1 aliphatic rings. The highest BCUT2D eigenvalue weighted by molar-refractivity contribution is 5.51. The highest BCUT2D eigenvalue weighted by Crippen LogP contribution is 2.04. The molecule has 0 saturated carbocycles. The van der Waals surface area contributed by atoms with E-state index in [0.29, 0.717) is 6.04 Å². The van der Waals surface area contributed by atoms with Crippen molar-refractivity contribution in [2.45, 2.75) is 45.6 Å². The standard InChI is InChI=1S/C9H18N/c1-9(2)10-7-5-3-4-6-8-10/h7,9H,3-6,8H2,1-2H3/q+1. The molecular weight excluding hydrogens is 122 g/mol. The molecule has 1 rings (SSSR count). The molecule has 0 aromatic carbocycles. The number of hydrogen-bond acceptors (Lipinski definition) is 0. The molecule has 1 nitrogen and oxygen atoms in total. The maximum Gasteiger partial charge on any atom is 0.146 e. The quantitative estimate of drug-likeness (QED) is 0.490. The lowest BCUT2D eigenvalue weighted by Gasteiger charge is -2.03. The van der Waals surface area contributed by atoms with Crippen LogP contribution in [0.25, 0.3) is 0 Å². The fourth-order valence-electron chi connectivity index (χ4n) is 1.43. The van der Waals surface area contributed by atoms with E-state index in [1.165, 1.54) is 32.2 Å². The van der Waals surface area contributed by atoms with Crippen LogP contribution < -0.4 is 0 Å². The average molecular weight is 140 g/mol. The molecule has 0 radical (unpaired) electrons. The zero-order chi connectivity index (χ0) is 7.40. The van der Waals surface area contributed by atoms with E-state index in [1.54, 1.807) is 0 Å². The zero-order valence-corrected chi connectivity index (χ0v) is 7.14. The topological polar surface area (TPSA) is 3.01 Å². The second kappa shape index (κ2) is 3.75. The molecule has 0 aromatic rings. The molecule has 0 N–H and O–H groups in total. The lowest BCUT2D eigenvalue weighted by molar-refractivity contribution is -0.554. The van der Waals surface area contributed by atoms with Crippen molar-refractivity contribution in [2.75, 3.05) is 6.54 Å². The summed E-state index contributed by atoms with van der Waals surface area (Å²) in [4.78, 5) is 0. The Morgan fingerprint density at radius 2 is 2.00 bits per heavy atom. The molecule has 1 heterocycles. The van der Waals surface area contributed by atoms with Crippen molar-refractivity contribution < 1.29 is 4.58 Å². The van der Waals surface area contributed by atoms with Gasteiger partial charge in [0.1, 0.15) is 18.8 Å². The number of rotatable bonds is 1. The molecule has 1 aliphatic heterocycles. The Hall–Kier alpha value is -0.330. The highest BCUT2D eigenvalue weighted by Gasteiger charge is 2.10. The van der Waals surface area contributed by atoms with Crippen LogP contribution in [0.3, 0.4) is 0 Å². The largest absolute Gasteiger partial charge is 0.238 e. The van der Waals surface area contributed by atoms with Crippen LogP contribution >= 0.6 is 0 Å². The third-order valence-electron chi connectivity index (χ3n) is 2.15. The van der Waals surface area contributed by atoms with Crippen LogP contribution in [0, 0.1) is 0 Å². The maximum atomic E-state index is 2.47. The van der Waals surface area contributed by atoms with Crippen molar-refractivity contribution in [2.24, 2.45) is 0 Å². The predicted molar refractivity (Wildman–Crippen MR) is 44.8 cm³/mol. The summed E-state index contributed by atoms with van der Waals surface area (Å²) < 4.78 is 2.47. The zero-order valence-electron chi connectivity index (χ0n) is 7.14. The first kappa shape index (κ1) is 7.77. The van der Waals surface area contributed by atoms with Gasteiger partial charge in [0.15, 0.2) is 0 Å². The summed E-state index contributed by atoms with van der Waals surface area (Å²) in [7, 11) is 0. The monoisotopic (exact) mass is 140 g/mol. The molecule has 0 amide bonds. The van der Waals surface area contributed by atoms with Gasteiger partial charge in [-0.05, 0) is 26.7 Å². The van der Waals surface area contributed by atoms with Gasteiger partial charge in [-0.1, -0.05) is 0 Å². The fourth-order valence-corrected chi connectivity index (χ4v) is 1.43. The third kappa shape index (κ3) is 2.13. The van der Waals surface area contributed by atoms with Crippen molar-refractivity contribution in [3.8, 4) is 0 Å². The van der Waals surface area contributed by atoms with E-state index in [9.17, 15) is 0 Å². The minimum Gasteiger partial charge on any atom is -0.238 e. The van der Waals surface area contributed by atoms with Gasteiger partial charge in [0, 0.05) is 12.8 Å². The van der Waals surface area contributed by atoms with E-state index in [4.69, 9.17) is 0 Å². The Labute approximate surface area is 63.8 Å². The van der Waals surface area contributed by atoms with Crippen LogP contribution in [-0.4, -0.2) is 23.4 Å². The van der Waals surface area contributed by atoms with Crippen molar-refractivity contribution >= 4 is 6.21 Å². The van der Waals surface area contributed by atoms with Gasteiger partial charge < -0.3 is 0 Å². The molecule has 0 bridgehead atoms. The van der Waals surface area contributed by atoms with E-state index in [1.807, 2.05) is 0 Å². The van der Waals surface area contributed by atoms with Crippen molar-refractivity contribution in [1.29, 1.82) is 0 Å². The van der Waals surface area contributed by atoms with Crippen LogP contribution in [0.15, 0.2) is 0 Å². The van der Waals surface area contributed by atoms with E-state index in [0.717, 1.165) is 0 Å². The van der Waals surface area contributed by atoms with Crippen LogP contribution in [0.1, 0.15) is 39.5 Å². The summed E-state index contributed by atoms with van der Waals surface area (Å²) in [6.45, 7) is 5.81. The Morgan fingerprint density at radius 1 is 1.20 bits per heavy atom. The molecule has 0 fully saturated rings. The number of nitrogens with zero attached hydrogens (tertiary/aromatic N) is 1. The average Bonchev–Trinajstić information content (AvgIpc) is 2.12. The lowest BCUT2D eigenvalue weighted by atomic mass is 10.2. The second-order valence-electron chi connectivity index (χ2n) is 3.36. The molecule has 1 heteroatoms. The first-order chi connectivity index (χ1) is 4.80. The van der Waals surface area contributed by atoms with Gasteiger partial charge in [0.25, 0.3) is 0 Å². The van der Waals surface area contributed by atoms with Gasteiger partial charge in [0.05, 0.1) is 0 Å². The Balaban J connectivity index is 2.46. The van der Waals surface area contributed by atoms with Gasteiger partial charge in [0.2, 0.25) is 0 Å². The molecule has 0 atom stereocenters. The van der Waals surface area contributed by atoms with E-state index in [-0.39, 0.29) is 0 Å². The first-order valence-electron chi connectivity index (χ1n) is 4.40. The van der Waals surface area contributed by atoms with Gasteiger partial charge in [-0.25, -0.2) is 4.58 Å². The van der Waals surface area contributed by atoms with E-state index < -0.39 is 0 Å². The van der Waals surface area contributed by atoms with Gasteiger partial charge >= 0.3 is 0 Å². The van der Waals surface area contributed by atoms with Crippen molar-refractivity contribution in [3.63, 3.8) is 0 Å². The van der Waals surface area contributed by atoms with Gasteiger partial charge in [-0.15, -0.1) is 0 Å². The smallest absolute Gasteiger partial charge is 0.146 e. The predicted octanol–water partition coefficient (Wildman–Crippen LogP) is 2.05. The van der Waals surface area contributed by atoms with Gasteiger partial charge in [-0.3, -0.25) is 0 Å². The van der Waals surface area contributed by atoms with Crippen LogP contribution in [0.4, 0.5) is 0 Å². The minimum atomic E-state index is 0.707. The fraction of sp³-hybridized carbons (Fsp3) is 0.889. The van der Waals surface area contributed by atoms with E-state index in [2.05, 4.69) is 24.6 Å². The lowest BCUT2D eigenvalue weighted by Crippen LogP contribution is -2.21.